The molecule has 0 aromatic heterocycles. The van der Waals surface area contributed by atoms with Crippen molar-refractivity contribution in [2.75, 3.05) is 0 Å². The van der Waals surface area contributed by atoms with E-state index in [4.69, 9.17) is 15.9 Å². The lowest BCUT2D eigenvalue weighted by Crippen LogP contribution is -2.11. The fraction of sp³-hybridized carbons (Fsp3) is 0. The van der Waals surface area contributed by atoms with Gasteiger partial charge in [0.25, 0.3) is 0 Å². The number of hydrogen-bond donors (Lipinski definition) is 2. The maximum Gasteiger partial charge on any atom is 0.311 e. The van der Waals surface area contributed by atoms with E-state index < -0.39 is 10.7 Å². The van der Waals surface area contributed by atoms with Gasteiger partial charge in [0.2, 0.25) is 5.75 Å². The van der Waals surface area contributed by atoms with Crippen LogP contribution in [0.5, 0.6) is 11.5 Å². The smallest absolute Gasteiger partial charge is 0.311 e. The number of amidine groups is 1. The van der Waals surface area contributed by atoms with Gasteiger partial charge in [-0.25, -0.2) is 4.39 Å². The lowest BCUT2D eigenvalue weighted by Gasteiger charge is -2.08. The van der Waals surface area contributed by atoms with Crippen molar-refractivity contribution >= 4 is 23.9 Å². The molecule has 6 nitrogen and oxygen atoms in total. The van der Waals surface area contributed by atoms with Gasteiger partial charge in [-0.1, -0.05) is 12.1 Å². The van der Waals surface area contributed by atoms with Crippen LogP contribution in [-0.2, 0) is 0 Å². The number of nitrogen functional groups attached to an aromatic ring is 1. The maximum absolute atomic E-state index is 13.8. The van der Waals surface area contributed by atoms with Crippen molar-refractivity contribution in [2.45, 2.75) is 0 Å². The Morgan fingerprint density at radius 2 is 1.90 bits per heavy atom. The first-order valence-electron chi connectivity index (χ1n) is 5.54. The molecule has 2 aromatic carbocycles. The van der Waals surface area contributed by atoms with Crippen LogP contribution in [0.2, 0.25) is 0 Å². The summed E-state index contributed by atoms with van der Waals surface area (Å²) >= 11 is 0. The van der Waals surface area contributed by atoms with Crippen molar-refractivity contribution in [3.05, 3.63) is 64.0 Å². The number of nitro groups is 1. The topological polar surface area (TPSA) is 102 Å². The summed E-state index contributed by atoms with van der Waals surface area (Å²) in [5.74, 6) is -1.27. The van der Waals surface area contributed by atoms with Gasteiger partial charge in [0.1, 0.15) is 5.84 Å². The molecule has 110 valence electrons. The molecule has 8 heteroatoms. The van der Waals surface area contributed by atoms with E-state index in [0.717, 1.165) is 6.07 Å². The summed E-state index contributed by atoms with van der Waals surface area (Å²) in [5, 5.41) is 18.0. The average Bonchev–Trinajstić information content (AvgIpc) is 2.41. The van der Waals surface area contributed by atoms with Crippen LogP contribution in [0.15, 0.2) is 42.5 Å². The van der Waals surface area contributed by atoms with E-state index in [9.17, 15) is 14.5 Å². The molecule has 21 heavy (non-hydrogen) atoms. The van der Waals surface area contributed by atoms with E-state index in [1.807, 2.05) is 0 Å². The highest BCUT2D eigenvalue weighted by Gasteiger charge is 2.16. The summed E-state index contributed by atoms with van der Waals surface area (Å²) < 4.78 is 19.0. The third-order valence-electron chi connectivity index (χ3n) is 2.52. The summed E-state index contributed by atoms with van der Waals surface area (Å²) in [6, 6.07) is 9.36. The highest BCUT2D eigenvalue weighted by Crippen LogP contribution is 2.32. The molecule has 0 spiro atoms. The Morgan fingerprint density at radius 3 is 2.48 bits per heavy atom. The molecule has 0 unspecified atom stereocenters. The Morgan fingerprint density at radius 1 is 1.24 bits per heavy atom. The molecule has 0 aliphatic heterocycles. The molecule has 0 heterocycles. The van der Waals surface area contributed by atoms with Crippen LogP contribution in [-0.4, -0.2) is 10.8 Å². The quantitative estimate of drug-likeness (QED) is 0.391. The molecule has 0 atom stereocenters. The number of para-hydroxylation sites is 2. The van der Waals surface area contributed by atoms with Gasteiger partial charge in [-0.3, -0.25) is 15.5 Å². The Kier molecular flexibility index (Phi) is 5.20. The minimum absolute atomic E-state index is 0. The van der Waals surface area contributed by atoms with E-state index in [0.29, 0.717) is 0 Å². The largest absolute Gasteiger partial charge is 0.447 e. The number of nitrogens with one attached hydrogen (secondary N) is 1. The zero-order chi connectivity index (χ0) is 14.7. The first-order valence-corrected chi connectivity index (χ1v) is 5.54. The SMILES string of the molecule is Cl.N=C(N)c1ccc(Oc2ccccc2[N+](=O)[O-])c(F)c1. The molecule has 0 bridgehead atoms. The molecular weight excluding hydrogens is 301 g/mol. The van der Waals surface area contributed by atoms with E-state index >= 15 is 0 Å². The summed E-state index contributed by atoms with van der Waals surface area (Å²) in [7, 11) is 0. The van der Waals surface area contributed by atoms with Crippen molar-refractivity contribution in [2.24, 2.45) is 5.73 Å². The Balaban J connectivity index is 0.00000220. The van der Waals surface area contributed by atoms with Crippen molar-refractivity contribution in [3.8, 4) is 11.5 Å². The standard InChI is InChI=1S/C13H10FN3O3.ClH/c14-9-7-8(13(15)16)5-6-11(9)20-12-4-2-1-3-10(12)17(18)19;/h1-7H,(H3,15,16);1H. The summed E-state index contributed by atoms with van der Waals surface area (Å²) in [4.78, 5) is 10.2. The molecule has 0 aliphatic rings. The molecule has 2 rings (SSSR count). The van der Waals surface area contributed by atoms with Gasteiger partial charge in [0, 0.05) is 11.6 Å². The molecule has 0 aliphatic carbocycles. The second kappa shape index (κ2) is 6.67. The molecule has 0 saturated heterocycles. The van der Waals surface area contributed by atoms with E-state index in [1.54, 1.807) is 6.07 Å². The highest BCUT2D eigenvalue weighted by atomic mass is 35.5. The third-order valence-corrected chi connectivity index (χ3v) is 2.52. The van der Waals surface area contributed by atoms with Gasteiger partial charge in [-0.2, -0.15) is 0 Å². The van der Waals surface area contributed by atoms with Crippen molar-refractivity contribution in [1.29, 1.82) is 5.41 Å². The summed E-state index contributed by atoms with van der Waals surface area (Å²) in [6.07, 6.45) is 0. The van der Waals surface area contributed by atoms with Crippen LogP contribution >= 0.6 is 12.4 Å². The average molecular weight is 312 g/mol. The van der Waals surface area contributed by atoms with Gasteiger partial charge in [-0.05, 0) is 24.3 Å². The molecule has 0 radical (unpaired) electrons. The van der Waals surface area contributed by atoms with Crippen LogP contribution in [0.3, 0.4) is 0 Å². The predicted octanol–water partition coefficient (Wildman–Crippen LogP) is 3.23. The molecule has 0 saturated carbocycles. The lowest BCUT2D eigenvalue weighted by molar-refractivity contribution is -0.385. The van der Waals surface area contributed by atoms with Crippen LogP contribution in [0, 0.1) is 21.3 Å². The Bertz CT molecular complexity index is 694. The minimum atomic E-state index is -0.754. The van der Waals surface area contributed by atoms with Gasteiger partial charge in [-0.15, -0.1) is 12.4 Å². The highest BCUT2D eigenvalue weighted by molar-refractivity contribution is 5.95. The van der Waals surface area contributed by atoms with Crippen molar-refractivity contribution < 1.29 is 14.1 Å². The molecule has 0 amide bonds. The number of nitro benzene ring substituents is 1. The van der Waals surface area contributed by atoms with Crippen LogP contribution in [0.4, 0.5) is 10.1 Å². The molecule has 3 N–H and O–H groups in total. The van der Waals surface area contributed by atoms with Crippen molar-refractivity contribution in [1.82, 2.24) is 0 Å². The fourth-order valence-electron chi connectivity index (χ4n) is 1.56. The van der Waals surface area contributed by atoms with Crippen molar-refractivity contribution in [3.63, 3.8) is 0 Å². The third kappa shape index (κ3) is 3.67. The maximum atomic E-state index is 13.8. The number of hydrogen-bond acceptors (Lipinski definition) is 4. The monoisotopic (exact) mass is 311 g/mol. The van der Waals surface area contributed by atoms with Crippen LogP contribution in [0.1, 0.15) is 5.56 Å². The number of halogens is 2. The predicted molar refractivity (Wildman–Crippen MR) is 77.8 cm³/mol. The van der Waals surface area contributed by atoms with Gasteiger partial charge < -0.3 is 10.5 Å². The Hall–Kier alpha value is -2.67. The second-order valence-corrected chi connectivity index (χ2v) is 3.89. The van der Waals surface area contributed by atoms with Crippen LogP contribution < -0.4 is 10.5 Å². The number of benzene rings is 2. The molecule has 0 fully saturated rings. The first kappa shape index (κ1) is 16.4. The van der Waals surface area contributed by atoms with Gasteiger partial charge in [0.05, 0.1) is 4.92 Å². The van der Waals surface area contributed by atoms with Crippen LogP contribution in [0.25, 0.3) is 0 Å². The first-order chi connectivity index (χ1) is 9.49. The second-order valence-electron chi connectivity index (χ2n) is 3.89. The van der Waals surface area contributed by atoms with E-state index in [-0.39, 0.29) is 41.0 Å². The summed E-state index contributed by atoms with van der Waals surface area (Å²) in [6.45, 7) is 0. The number of ether oxygens (including phenoxy) is 1. The number of nitrogens with zero attached hydrogens (tertiary/aromatic N) is 1. The van der Waals surface area contributed by atoms with E-state index in [1.165, 1.54) is 30.3 Å². The van der Waals surface area contributed by atoms with E-state index in [2.05, 4.69) is 0 Å². The fourth-order valence-corrected chi connectivity index (χ4v) is 1.56. The van der Waals surface area contributed by atoms with Gasteiger partial charge >= 0.3 is 5.69 Å². The normalized spacial score (nSPS) is 9.57. The Labute approximate surface area is 125 Å². The number of rotatable bonds is 4. The summed E-state index contributed by atoms with van der Waals surface area (Å²) in [5.41, 5.74) is 5.18. The zero-order valence-corrected chi connectivity index (χ0v) is 11.4. The molecule has 2 aromatic rings. The lowest BCUT2D eigenvalue weighted by atomic mass is 10.2. The zero-order valence-electron chi connectivity index (χ0n) is 10.6. The minimum Gasteiger partial charge on any atom is -0.447 e. The number of nitrogens with two attached hydrogens (primary N) is 1. The molecular formula is C13H11ClFN3O3. The van der Waals surface area contributed by atoms with Gasteiger partial charge in [0.15, 0.2) is 11.6 Å².